The smallest absolute Gasteiger partial charge is 0.225 e. The van der Waals surface area contributed by atoms with E-state index >= 15 is 0 Å². The molecule has 2 N–H and O–H groups in total. The molecule has 4 nitrogen and oxygen atoms in total. The van der Waals surface area contributed by atoms with Crippen molar-refractivity contribution in [3.63, 3.8) is 0 Å². The summed E-state index contributed by atoms with van der Waals surface area (Å²) in [6.45, 7) is 0. The zero-order valence-corrected chi connectivity index (χ0v) is 11.8. The molecule has 0 aliphatic heterocycles. The Balaban J connectivity index is 2.16. The summed E-state index contributed by atoms with van der Waals surface area (Å²) in [7, 11) is 1.56. The lowest BCUT2D eigenvalue weighted by atomic mass is 9.91. The summed E-state index contributed by atoms with van der Waals surface area (Å²) in [5.74, 6) is -0.546. The van der Waals surface area contributed by atoms with Crippen LogP contribution in [0.15, 0.2) is 54.6 Å². The second-order valence-electron chi connectivity index (χ2n) is 4.72. The van der Waals surface area contributed by atoms with E-state index in [0.29, 0.717) is 11.3 Å². The first kappa shape index (κ1) is 14.8. The van der Waals surface area contributed by atoms with Crippen molar-refractivity contribution >= 4 is 11.7 Å². The van der Waals surface area contributed by atoms with Gasteiger partial charge in [0.15, 0.2) is 5.78 Å². The Bertz CT molecular complexity index is 620. The number of primary amides is 1. The molecule has 0 fully saturated rings. The molecule has 0 saturated heterocycles. The number of amides is 1. The maximum absolute atomic E-state index is 12.3. The molecule has 21 heavy (non-hydrogen) atoms. The molecule has 2 aromatic rings. The van der Waals surface area contributed by atoms with Gasteiger partial charge in [0.1, 0.15) is 5.75 Å². The number of hydrogen-bond donors (Lipinski definition) is 1. The Morgan fingerprint density at radius 3 is 2.19 bits per heavy atom. The van der Waals surface area contributed by atoms with E-state index < -0.39 is 11.8 Å². The average molecular weight is 283 g/mol. The summed E-state index contributed by atoms with van der Waals surface area (Å²) in [4.78, 5) is 23.9. The molecule has 1 unspecified atom stereocenters. The van der Waals surface area contributed by atoms with Crippen LogP contribution in [0.4, 0.5) is 0 Å². The number of nitrogens with two attached hydrogens (primary N) is 1. The van der Waals surface area contributed by atoms with Gasteiger partial charge in [-0.15, -0.1) is 0 Å². The number of carbonyl (C=O) groups is 2. The molecule has 0 spiro atoms. The number of ketones is 1. The number of ether oxygens (including phenoxy) is 1. The Hall–Kier alpha value is -2.62. The highest BCUT2D eigenvalue weighted by Crippen LogP contribution is 2.22. The summed E-state index contributed by atoms with van der Waals surface area (Å²) in [6, 6.07) is 15.9. The van der Waals surface area contributed by atoms with Gasteiger partial charge in [-0.05, 0) is 29.8 Å². The molecule has 0 aliphatic rings. The molecule has 108 valence electrons. The van der Waals surface area contributed by atoms with Crippen molar-refractivity contribution in [3.05, 3.63) is 65.7 Å². The van der Waals surface area contributed by atoms with Gasteiger partial charge in [0.25, 0.3) is 0 Å². The monoisotopic (exact) mass is 283 g/mol. The van der Waals surface area contributed by atoms with Gasteiger partial charge in [-0.1, -0.05) is 30.3 Å². The van der Waals surface area contributed by atoms with Crippen molar-refractivity contribution in [2.24, 2.45) is 5.73 Å². The van der Waals surface area contributed by atoms with E-state index in [1.165, 1.54) is 0 Å². The van der Waals surface area contributed by atoms with Gasteiger partial charge in [0.2, 0.25) is 5.91 Å². The molecule has 0 aliphatic carbocycles. The zero-order valence-electron chi connectivity index (χ0n) is 11.8. The summed E-state index contributed by atoms with van der Waals surface area (Å²) >= 11 is 0. The predicted molar refractivity (Wildman–Crippen MR) is 80.3 cm³/mol. The van der Waals surface area contributed by atoms with Crippen molar-refractivity contribution < 1.29 is 14.3 Å². The van der Waals surface area contributed by atoms with Crippen LogP contribution >= 0.6 is 0 Å². The molecule has 1 amide bonds. The SMILES string of the molecule is COc1ccc(C(=O)CC(C(N)=O)c2ccccc2)cc1. The molecule has 2 rings (SSSR count). The Kier molecular flexibility index (Phi) is 4.72. The van der Waals surface area contributed by atoms with Gasteiger partial charge >= 0.3 is 0 Å². The van der Waals surface area contributed by atoms with Gasteiger partial charge in [-0.3, -0.25) is 9.59 Å². The normalized spacial score (nSPS) is 11.7. The Morgan fingerprint density at radius 2 is 1.67 bits per heavy atom. The minimum absolute atomic E-state index is 0.0612. The fourth-order valence-electron chi connectivity index (χ4n) is 2.15. The van der Waals surface area contributed by atoms with Gasteiger partial charge < -0.3 is 10.5 Å². The molecule has 2 aromatic carbocycles. The first-order valence-electron chi connectivity index (χ1n) is 6.63. The van der Waals surface area contributed by atoms with Crippen LogP contribution in [0.3, 0.4) is 0 Å². The van der Waals surface area contributed by atoms with E-state index in [1.54, 1.807) is 43.5 Å². The quantitative estimate of drug-likeness (QED) is 0.828. The lowest BCUT2D eigenvalue weighted by molar-refractivity contribution is -0.119. The van der Waals surface area contributed by atoms with Crippen LogP contribution in [-0.2, 0) is 4.79 Å². The van der Waals surface area contributed by atoms with E-state index in [9.17, 15) is 9.59 Å². The second kappa shape index (κ2) is 6.70. The van der Waals surface area contributed by atoms with E-state index in [4.69, 9.17) is 10.5 Å². The second-order valence-corrected chi connectivity index (χ2v) is 4.72. The van der Waals surface area contributed by atoms with Crippen molar-refractivity contribution in [1.29, 1.82) is 0 Å². The van der Waals surface area contributed by atoms with Crippen molar-refractivity contribution in [1.82, 2.24) is 0 Å². The van der Waals surface area contributed by atoms with Crippen LogP contribution < -0.4 is 10.5 Å². The summed E-state index contributed by atoms with van der Waals surface area (Å²) in [6.07, 6.45) is 0.0612. The fraction of sp³-hybridized carbons (Fsp3) is 0.176. The van der Waals surface area contributed by atoms with E-state index in [0.717, 1.165) is 5.56 Å². The number of carbonyl (C=O) groups excluding carboxylic acids is 2. The molecular weight excluding hydrogens is 266 g/mol. The minimum Gasteiger partial charge on any atom is -0.497 e. The van der Waals surface area contributed by atoms with Gasteiger partial charge in [-0.2, -0.15) is 0 Å². The van der Waals surface area contributed by atoms with Gasteiger partial charge in [0, 0.05) is 12.0 Å². The number of hydrogen-bond acceptors (Lipinski definition) is 3. The number of methoxy groups -OCH3 is 1. The maximum Gasteiger partial charge on any atom is 0.225 e. The van der Waals surface area contributed by atoms with E-state index in [1.807, 2.05) is 18.2 Å². The third-order valence-corrected chi connectivity index (χ3v) is 3.35. The third kappa shape index (κ3) is 3.69. The predicted octanol–water partition coefficient (Wildman–Crippen LogP) is 2.54. The summed E-state index contributed by atoms with van der Waals surface area (Å²) < 4.78 is 5.05. The zero-order chi connectivity index (χ0) is 15.2. The molecule has 0 radical (unpaired) electrons. The summed E-state index contributed by atoms with van der Waals surface area (Å²) in [5.41, 5.74) is 6.73. The third-order valence-electron chi connectivity index (χ3n) is 3.35. The lowest BCUT2D eigenvalue weighted by Gasteiger charge is -2.13. The number of benzene rings is 2. The number of rotatable bonds is 6. The molecule has 0 aromatic heterocycles. The highest BCUT2D eigenvalue weighted by atomic mass is 16.5. The minimum atomic E-state index is -0.610. The van der Waals surface area contributed by atoms with Crippen LogP contribution in [-0.4, -0.2) is 18.8 Å². The highest BCUT2D eigenvalue weighted by Gasteiger charge is 2.22. The molecule has 0 bridgehead atoms. The molecule has 4 heteroatoms. The topological polar surface area (TPSA) is 69.4 Å². The van der Waals surface area contributed by atoms with Crippen molar-refractivity contribution in [3.8, 4) is 5.75 Å². The fourth-order valence-corrected chi connectivity index (χ4v) is 2.15. The van der Waals surface area contributed by atoms with Crippen LogP contribution in [0.5, 0.6) is 5.75 Å². The van der Waals surface area contributed by atoms with Crippen molar-refractivity contribution in [2.45, 2.75) is 12.3 Å². The van der Waals surface area contributed by atoms with Crippen LogP contribution in [0.25, 0.3) is 0 Å². The van der Waals surface area contributed by atoms with E-state index in [2.05, 4.69) is 0 Å². The average Bonchev–Trinajstić information content (AvgIpc) is 2.53. The van der Waals surface area contributed by atoms with Crippen LogP contribution in [0, 0.1) is 0 Å². The molecule has 0 heterocycles. The Morgan fingerprint density at radius 1 is 1.05 bits per heavy atom. The summed E-state index contributed by atoms with van der Waals surface area (Å²) in [5, 5.41) is 0. The van der Waals surface area contributed by atoms with E-state index in [-0.39, 0.29) is 12.2 Å². The maximum atomic E-state index is 12.3. The first-order valence-corrected chi connectivity index (χ1v) is 6.63. The molecular formula is C17H17NO3. The standard InChI is InChI=1S/C17H17NO3/c1-21-14-9-7-13(8-10-14)16(19)11-15(17(18)20)12-5-3-2-4-6-12/h2-10,15H,11H2,1H3,(H2,18,20). The van der Waals surface area contributed by atoms with Crippen LogP contribution in [0.2, 0.25) is 0 Å². The number of Topliss-reactive ketones (excluding diaryl/α,β-unsaturated/α-hetero) is 1. The lowest BCUT2D eigenvalue weighted by Crippen LogP contribution is -2.24. The molecule has 0 saturated carbocycles. The van der Waals surface area contributed by atoms with Crippen molar-refractivity contribution in [2.75, 3.05) is 7.11 Å². The van der Waals surface area contributed by atoms with Gasteiger partial charge in [0.05, 0.1) is 13.0 Å². The first-order chi connectivity index (χ1) is 10.1. The largest absolute Gasteiger partial charge is 0.497 e. The van der Waals surface area contributed by atoms with Gasteiger partial charge in [-0.25, -0.2) is 0 Å². The highest BCUT2D eigenvalue weighted by molar-refractivity contribution is 5.99. The Labute approximate surface area is 123 Å². The molecule has 1 atom stereocenters. The van der Waals surface area contributed by atoms with Crippen LogP contribution in [0.1, 0.15) is 28.3 Å².